The molecule has 1 aromatic carbocycles. The van der Waals surface area contributed by atoms with E-state index in [-0.39, 0.29) is 41.2 Å². The Morgan fingerprint density at radius 3 is 2.29 bits per heavy atom. The minimum atomic E-state index is -3.02. The number of carbonyl (C=O) groups is 2. The van der Waals surface area contributed by atoms with E-state index < -0.39 is 9.84 Å². The van der Waals surface area contributed by atoms with Crippen LogP contribution >= 0.6 is 0 Å². The number of rotatable bonds is 4. The molecule has 24 heavy (non-hydrogen) atoms. The van der Waals surface area contributed by atoms with Crippen LogP contribution in [0.5, 0.6) is 0 Å². The lowest BCUT2D eigenvalue weighted by Crippen LogP contribution is -2.37. The van der Waals surface area contributed by atoms with Crippen LogP contribution in [0.1, 0.15) is 24.0 Å². The van der Waals surface area contributed by atoms with Crippen molar-refractivity contribution in [2.75, 3.05) is 16.8 Å². The van der Waals surface area contributed by atoms with Crippen LogP contribution in [0.25, 0.3) is 0 Å². The Labute approximate surface area is 141 Å². The van der Waals surface area contributed by atoms with Gasteiger partial charge in [0.2, 0.25) is 11.8 Å². The third-order valence-electron chi connectivity index (χ3n) is 4.77. The molecule has 130 valence electrons. The lowest BCUT2D eigenvalue weighted by Gasteiger charge is -2.12. The van der Waals surface area contributed by atoms with Gasteiger partial charge in [0.05, 0.1) is 23.3 Å². The predicted octanol–water partition coefficient (Wildman–Crippen LogP) is 1.18. The third-order valence-corrected chi connectivity index (χ3v) is 6.54. The molecular weight excluding hydrogens is 328 g/mol. The Bertz CT molecular complexity index is 768. The largest absolute Gasteiger partial charge is 0.352 e. The predicted molar refractivity (Wildman–Crippen MR) is 91.3 cm³/mol. The topological polar surface area (TPSA) is 92.3 Å². The fraction of sp³-hybridized carbons (Fsp3) is 0.529. The smallest absolute Gasteiger partial charge is 0.228 e. The highest BCUT2D eigenvalue weighted by molar-refractivity contribution is 7.91. The van der Waals surface area contributed by atoms with E-state index in [2.05, 4.69) is 10.6 Å². The van der Waals surface area contributed by atoms with E-state index in [1.54, 1.807) is 0 Å². The van der Waals surface area contributed by atoms with E-state index in [4.69, 9.17) is 0 Å². The molecule has 3 unspecified atom stereocenters. The third kappa shape index (κ3) is 3.61. The summed E-state index contributed by atoms with van der Waals surface area (Å²) in [6, 6.07) is 5.48. The molecule has 1 saturated carbocycles. The van der Waals surface area contributed by atoms with E-state index in [0.29, 0.717) is 12.8 Å². The summed E-state index contributed by atoms with van der Waals surface area (Å²) >= 11 is 0. The molecule has 2 aliphatic rings. The lowest BCUT2D eigenvalue weighted by molar-refractivity contribution is -0.125. The molecule has 1 aliphatic heterocycles. The number of aryl methyl sites for hydroxylation is 2. The summed E-state index contributed by atoms with van der Waals surface area (Å²) in [5.74, 6) is -0.908. The Hall–Kier alpha value is -1.89. The van der Waals surface area contributed by atoms with E-state index in [1.807, 2.05) is 32.0 Å². The van der Waals surface area contributed by atoms with Crippen molar-refractivity contribution in [2.45, 2.75) is 32.7 Å². The van der Waals surface area contributed by atoms with E-state index in [1.165, 1.54) is 0 Å². The summed E-state index contributed by atoms with van der Waals surface area (Å²) in [6.45, 7) is 3.86. The average molecular weight is 350 g/mol. The minimum Gasteiger partial charge on any atom is -0.352 e. The molecule has 3 atom stereocenters. The second-order valence-electron chi connectivity index (χ2n) is 6.81. The minimum absolute atomic E-state index is 0.00469. The number of para-hydroxylation sites is 1. The summed E-state index contributed by atoms with van der Waals surface area (Å²) in [4.78, 5) is 24.5. The van der Waals surface area contributed by atoms with Gasteiger partial charge in [0.15, 0.2) is 9.84 Å². The number of benzene rings is 1. The zero-order valence-electron chi connectivity index (χ0n) is 13.8. The molecule has 1 heterocycles. The second-order valence-corrected chi connectivity index (χ2v) is 9.04. The molecule has 2 fully saturated rings. The molecule has 0 spiro atoms. The second kappa shape index (κ2) is 6.20. The van der Waals surface area contributed by atoms with Crippen LogP contribution in [-0.2, 0) is 19.4 Å². The fourth-order valence-electron chi connectivity index (χ4n) is 3.22. The first-order valence-electron chi connectivity index (χ1n) is 8.15. The monoisotopic (exact) mass is 350 g/mol. The van der Waals surface area contributed by atoms with Gasteiger partial charge < -0.3 is 10.6 Å². The van der Waals surface area contributed by atoms with Gasteiger partial charge in [-0.1, -0.05) is 18.2 Å². The zero-order chi connectivity index (χ0) is 17.5. The number of hydrogen-bond donors (Lipinski definition) is 2. The van der Waals surface area contributed by atoms with E-state index in [9.17, 15) is 18.0 Å². The van der Waals surface area contributed by atoms with Crippen molar-refractivity contribution in [3.05, 3.63) is 29.3 Å². The van der Waals surface area contributed by atoms with Gasteiger partial charge in [0.1, 0.15) is 0 Å². The molecule has 0 radical (unpaired) electrons. The van der Waals surface area contributed by atoms with Crippen molar-refractivity contribution in [1.29, 1.82) is 0 Å². The fourth-order valence-corrected chi connectivity index (χ4v) is 4.89. The number of sulfone groups is 1. The summed E-state index contributed by atoms with van der Waals surface area (Å²) in [5, 5.41) is 5.69. The first kappa shape index (κ1) is 17.0. The van der Waals surface area contributed by atoms with Crippen LogP contribution in [0, 0.1) is 25.7 Å². The van der Waals surface area contributed by atoms with Gasteiger partial charge in [-0.25, -0.2) is 8.42 Å². The molecule has 2 amide bonds. The Kier molecular flexibility index (Phi) is 4.38. The van der Waals surface area contributed by atoms with Gasteiger partial charge >= 0.3 is 0 Å². The molecule has 0 bridgehead atoms. The molecular formula is C17H22N2O4S. The van der Waals surface area contributed by atoms with Crippen LogP contribution in [0.3, 0.4) is 0 Å². The maximum absolute atomic E-state index is 12.3. The van der Waals surface area contributed by atoms with Crippen LogP contribution in [-0.4, -0.2) is 37.8 Å². The first-order chi connectivity index (χ1) is 11.3. The lowest BCUT2D eigenvalue weighted by atomic mass is 10.1. The SMILES string of the molecule is Cc1cccc(C)c1NC(=O)C1CC1C(=O)NC1CCS(=O)(=O)C1. The quantitative estimate of drug-likeness (QED) is 0.853. The summed E-state index contributed by atoms with van der Waals surface area (Å²) in [6.07, 6.45) is 0.974. The summed E-state index contributed by atoms with van der Waals surface area (Å²) in [7, 11) is -3.02. The van der Waals surface area contributed by atoms with Crippen molar-refractivity contribution in [2.24, 2.45) is 11.8 Å². The highest BCUT2D eigenvalue weighted by Gasteiger charge is 2.48. The highest BCUT2D eigenvalue weighted by Crippen LogP contribution is 2.40. The van der Waals surface area contributed by atoms with Gasteiger partial charge in [-0.05, 0) is 37.8 Å². The number of amides is 2. The van der Waals surface area contributed by atoms with E-state index in [0.717, 1.165) is 16.8 Å². The van der Waals surface area contributed by atoms with Crippen molar-refractivity contribution in [1.82, 2.24) is 5.32 Å². The van der Waals surface area contributed by atoms with Gasteiger partial charge in [-0.15, -0.1) is 0 Å². The number of nitrogens with one attached hydrogen (secondary N) is 2. The summed E-state index contributed by atoms with van der Waals surface area (Å²) in [5.41, 5.74) is 2.78. The normalized spacial score (nSPS) is 27.5. The average Bonchev–Trinajstić information content (AvgIpc) is 3.23. The van der Waals surface area contributed by atoms with Crippen LogP contribution in [0.2, 0.25) is 0 Å². The van der Waals surface area contributed by atoms with Gasteiger partial charge in [0, 0.05) is 11.7 Å². The van der Waals surface area contributed by atoms with Crippen molar-refractivity contribution < 1.29 is 18.0 Å². The highest BCUT2D eigenvalue weighted by atomic mass is 32.2. The van der Waals surface area contributed by atoms with Crippen LogP contribution in [0.4, 0.5) is 5.69 Å². The first-order valence-corrected chi connectivity index (χ1v) is 9.97. The maximum Gasteiger partial charge on any atom is 0.228 e. The summed E-state index contributed by atoms with van der Waals surface area (Å²) < 4.78 is 22.9. The van der Waals surface area contributed by atoms with Gasteiger partial charge in [-0.2, -0.15) is 0 Å². The van der Waals surface area contributed by atoms with Crippen LogP contribution < -0.4 is 10.6 Å². The van der Waals surface area contributed by atoms with Crippen molar-refractivity contribution in [3.8, 4) is 0 Å². The molecule has 1 saturated heterocycles. The Morgan fingerprint density at radius 2 is 1.71 bits per heavy atom. The molecule has 7 heteroatoms. The number of hydrogen-bond acceptors (Lipinski definition) is 4. The number of anilines is 1. The molecule has 0 aromatic heterocycles. The van der Waals surface area contributed by atoms with Gasteiger partial charge in [-0.3, -0.25) is 9.59 Å². The van der Waals surface area contributed by atoms with Crippen molar-refractivity contribution >= 4 is 27.3 Å². The van der Waals surface area contributed by atoms with Gasteiger partial charge in [0.25, 0.3) is 0 Å². The zero-order valence-corrected chi connectivity index (χ0v) is 14.7. The molecule has 2 N–H and O–H groups in total. The molecule has 6 nitrogen and oxygen atoms in total. The molecule has 3 rings (SSSR count). The van der Waals surface area contributed by atoms with E-state index >= 15 is 0 Å². The Morgan fingerprint density at radius 1 is 1.08 bits per heavy atom. The molecule has 1 aromatic rings. The van der Waals surface area contributed by atoms with Crippen molar-refractivity contribution in [3.63, 3.8) is 0 Å². The Balaban J connectivity index is 1.55. The number of carbonyl (C=O) groups excluding carboxylic acids is 2. The standard InChI is InChI=1S/C17H22N2O4S/c1-10-4-3-5-11(2)15(10)19-17(21)14-8-13(14)16(20)18-12-6-7-24(22,23)9-12/h3-5,12-14H,6-9H2,1-2H3,(H,18,20)(H,19,21). The molecule has 1 aliphatic carbocycles. The maximum atomic E-state index is 12.3. The van der Waals surface area contributed by atoms with Crippen LogP contribution in [0.15, 0.2) is 18.2 Å².